The predicted molar refractivity (Wildman–Crippen MR) is 70.9 cm³/mol. The van der Waals surface area contributed by atoms with Crippen molar-refractivity contribution in [3.8, 4) is 0 Å². The van der Waals surface area contributed by atoms with E-state index in [9.17, 15) is 13.2 Å². The van der Waals surface area contributed by atoms with Gasteiger partial charge in [-0.25, -0.2) is 8.42 Å². The van der Waals surface area contributed by atoms with E-state index in [1.165, 1.54) is 10.0 Å². The molecule has 0 fully saturated rings. The summed E-state index contributed by atoms with van der Waals surface area (Å²) in [7, 11) is -7.10. The highest BCUT2D eigenvalue weighted by molar-refractivity contribution is 7.86. The van der Waals surface area contributed by atoms with E-state index in [1.54, 1.807) is 11.3 Å². The molecule has 118 valence electrons. The first-order chi connectivity index (χ1) is 8.63. The van der Waals surface area contributed by atoms with Crippen molar-refractivity contribution in [1.29, 1.82) is 0 Å². The number of aryl methyl sites for hydroxylation is 2. The third-order valence-electron chi connectivity index (χ3n) is 1.83. The third kappa shape index (κ3) is 7.31. The summed E-state index contributed by atoms with van der Waals surface area (Å²) in [6.07, 6.45) is 1.14. The van der Waals surface area contributed by atoms with Crippen LogP contribution >= 0.6 is 11.3 Å². The number of aromatic nitrogens is 2. The Kier molecular flexibility index (Phi) is 6.33. The predicted octanol–water partition coefficient (Wildman–Crippen LogP) is 1.98. The van der Waals surface area contributed by atoms with Crippen LogP contribution in [0.25, 0.3) is 0 Å². The van der Waals surface area contributed by atoms with Gasteiger partial charge in [0.05, 0.1) is 0 Å². The Hall–Kier alpha value is -0.523. The van der Waals surface area contributed by atoms with Gasteiger partial charge in [-0.15, -0.1) is 0 Å². The van der Waals surface area contributed by atoms with Crippen LogP contribution in [0.3, 0.4) is 0 Å². The van der Waals surface area contributed by atoms with Gasteiger partial charge in [0.2, 0.25) is 0 Å². The van der Waals surface area contributed by atoms with Gasteiger partial charge in [-0.1, -0.05) is 35.7 Å². The molecule has 0 bridgehead atoms. The molecule has 1 aromatic heterocycles. The summed E-state index contributed by atoms with van der Waals surface area (Å²) >= 11 is 1.78. The molecule has 0 saturated carbocycles. The molecule has 0 unspecified atom stereocenters. The summed E-state index contributed by atoms with van der Waals surface area (Å²) in [4.78, 5) is 0. The fraction of sp³-hybridized carbons (Fsp3) is 0.778. The van der Waals surface area contributed by atoms with Crippen LogP contribution in [0, 0.1) is 13.8 Å². The zero-order valence-corrected chi connectivity index (χ0v) is 14.4. The number of hydrogen-bond acceptors (Lipinski definition) is 5. The first-order valence-corrected chi connectivity index (χ1v) is 11.4. The number of rotatable bonds is 2. The van der Waals surface area contributed by atoms with Crippen LogP contribution in [0.1, 0.15) is 10.0 Å². The minimum atomic E-state index is -6.09. The lowest BCUT2D eigenvalue weighted by molar-refractivity contribution is -0.739. The van der Waals surface area contributed by atoms with Crippen molar-refractivity contribution in [3.05, 3.63) is 10.0 Å². The molecule has 20 heavy (non-hydrogen) atoms. The van der Waals surface area contributed by atoms with Crippen LogP contribution in [0.4, 0.5) is 13.2 Å². The molecule has 0 radical (unpaired) electrons. The van der Waals surface area contributed by atoms with Crippen LogP contribution < -0.4 is 4.68 Å². The van der Waals surface area contributed by atoms with Crippen LogP contribution in [-0.2, 0) is 16.3 Å². The molecule has 1 rings (SSSR count). The molecular formula is C9H17F3N2O3S2Si. The summed E-state index contributed by atoms with van der Waals surface area (Å²) in [5, 5.41) is 6.97. The lowest BCUT2D eigenvalue weighted by atomic mass is 10.8. The largest absolute Gasteiger partial charge is 0.741 e. The fourth-order valence-corrected chi connectivity index (χ4v) is 3.22. The number of alkyl halides is 3. The fourth-order valence-electron chi connectivity index (χ4n) is 1.12. The van der Waals surface area contributed by atoms with Gasteiger partial charge in [0, 0.05) is 12.0 Å². The first kappa shape index (κ1) is 19.5. The Bertz CT molecular complexity index is 550. The zero-order chi connectivity index (χ0) is 16.4. The molecule has 1 aromatic rings. The Labute approximate surface area is 121 Å². The average molecular weight is 350 g/mol. The molecule has 0 aliphatic rings. The molecule has 0 N–H and O–H groups in total. The van der Waals surface area contributed by atoms with Crippen molar-refractivity contribution < 1.29 is 30.8 Å². The van der Waals surface area contributed by atoms with Gasteiger partial charge in [-0.05, 0) is 6.92 Å². The smallest absolute Gasteiger partial charge is 0.485 e. The van der Waals surface area contributed by atoms with Crippen molar-refractivity contribution in [2.45, 2.75) is 45.2 Å². The second-order valence-corrected chi connectivity index (χ2v) is 13.5. The molecule has 5 nitrogen and oxygen atoms in total. The summed E-state index contributed by atoms with van der Waals surface area (Å²) in [5.41, 5.74) is -5.65. The van der Waals surface area contributed by atoms with E-state index >= 15 is 0 Å². The molecule has 0 aliphatic heterocycles. The summed E-state index contributed by atoms with van der Waals surface area (Å²) in [6, 6.07) is 0. The minimum Gasteiger partial charge on any atom is -0.741 e. The Morgan fingerprint density at radius 3 is 1.90 bits per heavy atom. The molecule has 0 saturated heterocycles. The van der Waals surface area contributed by atoms with Gasteiger partial charge in [0.15, 0.2) is 21.3 Å². The highest BCUT2D eigenvalue weighted by atomic mass is 32.2. The van der Waals surface area contributed by atoms with E-state index in [-0.39, 0.29) is 0 Å². The lowest BCUT2D eigenvalue weighted by Gasteiger charge is -2.08. The van der Waals surface area contributed by atoms with Gasteiger partial charge in [0.1, 0.15) is 8.07 Å². The topological polar surface area (TPSA) is 74.0 Å². The first-order valence-electron chi connectivity index (χ1n) is 5.50. The van der Waals surface area contributed by atoms with E-state index in [4.69, 9.17) is 13.0 Å². The summed E-state index contributed by atoms with van der Waals surface area (Å²) < 4.78 is 61.1. The Balaban J connectivity index is 0.000000396. The zero-order valence-electron chi connectivity index (χ0n) is 11.8. The van der Waals surface area contributed by atoms with Crippen molar-refractivity contribution in [2.24, 2.45) is 0 Å². The van der Waals surface area contributed by atoms with Crippen LogP contribution in [0.2, 0.25) is 19.6 Å². The molecule has 0 amide bonds. The number of hydrogen-bond donors (Lipinski definition) is 0. The van der Waals surface area contributed by atoms with Gasteiger partial charge >= 0.3 is 5.51 Å². The van der Waals surface area contributed by atoms with Gasteiger partial charge in [-0.2, -0.15) is 13.2 Å². The SMILES string of the molecule is Cc1n[n+](C[Si](C)(C)C)c(C)s1.O=S(=O)([O-])C(F)(F)F. The Morgan fingerprint density at radius 2 is 1.70 bits per heavy atom. The maximum absolute atomic E-state index is 10.7. The maximum Gasteiger partial charge on any atom is 0.485 e. The minimum absolute atomic E-state index is 1.01. The highest BCUT2D eigenvalue weighted by Gasteiger charge is 2.36. The second kappa shape index (κ2) is 6.50. The molecule has 0 aliphatic carbocycles. The number of nitrogens with zero attached hydrogens (tertiary/aromatic N) is 2. The molecular weight excluding hydrogens is 333 g/mol. The van der Waals surface area contributed by atoms with E-state index in [0.717, 1.165) is 6.17 Å². The maximum atomic E-state index is 10.7. The molecule has 0 aromatic carbocycles. The average Bonchev–Trinajstić information content (AvgIpc) is 2.39. The molecule has 0 atom stereocenters. The van der Waals surface area contributed by atoms with Gasteiger partial charge in [0.25, 0.3) is 5.01 Å². The lowest BCUT2D eigenvalue weighted by Crippen LogP contribution is -2.49. The monoisotopic (exact) mass is 350 g/mol. The summed E-state index contributed by atoms with van der Waals surface area (Å²) in [5.74, 6) is 0. The highest BCUT2D eigenvalue weighted by Crippen LogP contribution is 2.20. The normalized spacial score (nSPS) is 12.8. The van der Waals surface area contributed by atoms with Crippen LogP contribution in [-0.4, -0.2) is 31.7 Å². The third-order valence-corrected chi connectivity index (χ3v) is 4.53. The van der Waals surface area contributed by atoms with Crippen molar-refractivity contribution >= 4 is 29.5 Å². The van der Waals surface area contributed by atoms with Crippen molar-refractivity contribution in [1.82, 2.24) is 5.10 Å². The van der Waals surface area contributed by atoms with Crippen molar-refractivity contribution in [3.63, 3.8) is 0 Å². The molecule has 1 heterocycles. The van der Waals surface area contributed by atoms with Crippen LogP contribution in [0.5, 0.6) is 0 Å². The standard InChI is InChI=1S/C8H17N2SSi.CHF3O3S/c1-7-9-10(8(2)11-7)6-12(3,4)5;2-1(3,4)8(5,6)7/h6H2,1-5H3;(H,5,6,7)/q+1;/p-1. The van der Waals surface area contributed by atoms with E-state index < -0.39 is 23.7 Å². The quantitative estimate of drug-likeness (QED) is 0.354. The molecule has 0 spiro atoms. The van der Waals surface area contributed by atoms with E-state index in [1.807, 2.05) is 0 Å². The second-order valence-electron chi connectivity index (χ2n) is 5.26. The summed E-state index contributed by atoms with van der Waals surface area (Å²) in [6.45, 7) is 11.3. The van der Waals surface area contributed by atoms with Gasteiger partial charge in [-0.3, -0.25) is 0 Å². The van der Waals surface area contributed by atoms with Gasteiger partial charge < -0.3 is 4.55 Å². The van der Waals surface area contributed by atoms with Crippen LogP contribution in [0.15, 0.2) is 0 Å². The van der Waals surface area contributed by atoms with E-state index in [2.05, 4.69) is 43.3 Å². The van der Waals surface area contributed by atoms with Crippen molar-refractivity contribution in [2.75, 3.05) is 0 Å². The van der Waals surface area contributed by atoms with E-state index in [0.29, 0.717) is 0 Å². The number of halogens is 3. The Morgan fingerprint density at radius 1 is 1.30 bits per heavy atom. The molecule has 11 heteroatoms.